The molecule has 2 rings (SSSR count). The highest BCUT2D eigenvalue weighted by Gasteiger charge is 2.21. The third-order valence-corrected chi connectivity index (χ3v) is 3.17. The Bertz CT molecular complexity index is 563. The Morgan fingerprint density at radius 3 is 2.20 bits per heavy atom. The number of carbonyl (C=O) groups excluding carboxylic acids is 1. The van der Waals surface area contributed by atoms with Crippen LogP contribution in [0.3, 0.4) is 0 Å². The first-order valence-corrected chi connectivity index (χ1v) is 6.66. The quantitative estimate of drug-likeness (QED) is 0.612. The first kappa shape index (κ1) is 14.1. The summed E-state index contributed by atoms with van der Waals surface area (Å²) in [7, 11) is 1.56. The van der Waals surface area contributed by atoms with Crippen molar-refractivity contribution in [2.75, 3.05) is 7.11 Å². The summed E-state index contributed by atoms with van der Waals surface area (Å²) in [4.78, 5) is 12.3. The van der Waals surface area contributed by atoms with Gasteiger partial charge in [-0.15, -0.1) is 0 Å². The van der Waals surface area contributed by atoms with Gasteiger partial charge in [-0.2, -0.15) is 0 Å². The molecule has 0 aliphatic carbocycles. The van der Waals surface area contributed by atoms with Crippen molar-refractivity contribution in [3.63, 3.8) is 0 Å². The van der Waals surface area contributed by atoms with Gasteiger partial charge in [-0.25, -0.2) is 0 Å². The molecule has 0 aliphatic rings. The molecule has 0 heterocycles. The Hall–Kier alpha value is -2.29. The van der Waals surface area contributed by atoms with Crippen molar-refractivity contribution in [1.82, 2.24) is 0 Å². The Labute approximate surface area is 119 Å². The van der Waals surface area contributed by atoms with E-state index in [1.54, 1.807) is 19.2 Å². The molecule has 0 radical (unpaired) electrons. The van der Waals surface area contributed by atoms with Crippen molar-refractivity contribution in [2.45, 2.75) is 19.3 Å². The van der Waals surface area contributed by atoms with Gasteiger partial charge >= 0.3 is 5.97 Å². The molecule has 3 heteroatoms. The molecular weight excluding hydrogens is 252 g/mol. The SMILES string of the molecule is CCC(C(=O)Oc1ccccc1OC)c1ccccc1. The molecule has 3 nitrogen and oxygen atoms in total. The fraction of sp³-hybridized carbons (Fsp3) is 0.235. The molecule has 0 saturated carbocycles. The molecule has 0 amide bonds. The summed E-state index contributed by atoms with van der Waals surface area (Å²) in [6.45, 7) is 1.97. The van der Waals surface area contributed by atoms with E-state index in [2.05, 4.69) is 0 Å². The van der Waals surface area contributed by atoms with Crippen LogP contribution in [0.1, 0.15) is 24.8 Å². The van der Waals surface area contributed by atoms with Gasteiger partial charge in [0.05, 0.1) is 13.0 Å². The molecule has 0 aliphatic heterocycles. The van der Waals surface area contributed by atoms with E-state index < -0.39 is 0 Å². The predicted octanol–water partition coefficient (Wildman–Crippen LogP) is 3.79. The highest BCUT2D eigenvalue weighted by Crippen LogP contribution is 2.29. The summed E-state index contributed by atoms with van der Waals surface area (Å²) >= 11 is 0. The van der Waals surface area contributed by atoms with Gasteiger partial charge in [-0.05, 0) is 24.1 Å². The zero-order valence-corrected chi connectivity index (χ0v) is 11.7. The number of carbonyl (C=O) groups is 1. The number of hydrogen-bond acceptors (Lipinski definition) is 3. The maximum Gasteiger partial charge on any atom is 0.318 e. The topological polar surface area (TPSA) is 35.5 Å². The van der Waals surface area contributed by atoms with E-state index in [1.807, 2.05) is 49.4 Å². The van der Waals surface area contributed by atoms with Crippen molar-refractivity contribution in [1.29, 1.82) is 0 Å². The van der Waals surface area contributed by atoms with E-state index in [4.69, 9.17) is 9.47 Å². The smallest absolute Gasteiger partial charge is 0.318 e. The minimum atomic E-state index is -0.263. The van der Waals surface area contributed by atoms with Crippen molar-refractivity contribution in [2.24, 2.45) is 0 Å². The molecular formula is C17H18O3. The molecule has 0 N–H and O–H groups in total. The van der Waals surface area contributed by atoms with Gasteiger partial charge < -0.3 is 9.47 Å². The van der Waals surface area contributed by atoms with Crippen molar-refractivity contribution in [3.05, 3.63) is 60.2 Å². The van der Waals surface area contributed by atoms with Crippen LogP contribution in [0.2, 0.25) is 0 Å². The Balaban J connectivity index is 2.18. The van der Waals surface area contributed by atoms with E-state index in [0.29, 0.717) is 17.9 Å². The van der Waals surface area contributed by atoms with Crippen LogP contribution in [0.25, 0.3) is 0 Å². The number of rotatable bonds is 5. The number of ether oxygens (including phenoxy) is 2. The zero-order chi connectivity index (χ0) is 14.4. The minimum Gasteiger partial charge on any atom is -0.493 e. The minimum absolute atomic E-state index is 0.261. The third kappa shape index (κ3) is 3.18. The number of benzene rings is 2. The molecule has 20 heavy (non-hydrogen) atoms. The van der Waals surface area contributed by atoms with Gasteiger partial charge in [0.1, 0.15) is 0 Å². The molecule has 2 aromatic rings. The van der Waals surface area contributed by atoms with Crippen LogP contribution in [0.5, 0.6) is 11.5 Å². The second-order valence-electron chi connectivity index (χ2n) is 4.44. The van der Waals surface area contributed by atoms with E-state index >= 15 is 0 Å². The van der Waals surface area contributed by atoms with Gasteiger partial charge in [0.15, 0.2) is 11.5 Å². The predicted molar refractivity (Wildman–Crippen MR) is 78.1 cm³/mol. The second kappa shape index (κ2) is 6.75. The molecule has 0 bridgehead atoms. The molecule has 0 aromatic heterocycles. The Morgan fingerprint density at radius 2 is 1.60 bits per heavy atom. The maximum absolute atomic E-state index is 12.3. The van der Waals surface area contributed by atoms with E-state index in [9.17, 15) is 4.79 Å². The van der Waals surface area contributed by atoms with Crippen LogP contribution in [0.4, 0.5) is 0 Å². The maximum atomic E-state index is 12.3. The van der Waals surface area contributed by atoms with Crippen molar-refractivity contribution >= 4 is 5.97 Å². The lowest BCUT2D eigenvalue weighted by Gasteiger charge is -2.15. The van der Waals surface area contributed by atoms with E-state index in [-0.39, 0.29) is 11.9 Å². The Kier molecular flexibility index (Phi) is 4.77. The standard InChI is InChI=1S/C17H18O3/c1-3-14(13-9-5-4-6-10-13)17(18)20-16-12-8-7-11-15(16)19-2/h4-12,14H,3H2,1-2H3. The second-order valence-corrected chi connectivity index (χ2v) is 4.44. The molecule has 2 aromatic carbocycles. The normalized spacial score (nSPS) is 11.7. The first-order chi connectivity index (χ1) is 9.76. The van der Waals surface area contributed by atoms with Crippen LogP contribution in [-0.4, -0.2) is 13.1 Å². The molecule has 1 atom stereocenters. The van der Waals surface area contributed by atoms with Crippen LogP contribution in [0.15, 0.2) is 54.6 Å². The van der Waals surface area contributed by atoms with Crippen molar-refractivity contribution < 1.29 is 14.3 Å². The fourth-order valence-corrected chi connectivity index (χ4v) is 2.11. The highest BCUT2D eigenvalue weighted by atomic mass is 16.6. The van der Waals surface area contributed by atoms with Crippen LogP contribution in [0, 0.1) is 0 Å². The van der Waals surface area contributed by atoms with Gasteiger partial charge in [0, 0.05) is 0 Å². The van der Waals surface area contributed by atoms with Crippen LogP contribution >= 0.6 is 0 Å². The largest absolute Gasteiger partial charge is 0.493 e. The summed E-state index contributed by atoms with van der Waals surface area (Å²) in [6, 6.07) is 16.8. The summed E-state index contributed by atoms with van der Waals surface area (Å²) in [6.07, 6.45) is 0.692. The van der Waals surface area contributed by atoms with Crippen molar-refractivity contribution in [3.8, 4) is 11.5 Å². The average molecular weight is 270 g/mol. The van der Waals surface area contributed by atoms with Gasteiger partial charge in [-0.3, -0.25) is 4.79 Å². The van der Waals surface area contributed by atoms with E-state index in [1.165, 1.54) is 0 Å². The third-order valence-electron chi connectivity index (χ3n) is 3.17. The molecule has 0 saturated heterocycles. The fourth-order valence-electron chi connectivity index (χ4n) is 2.11. The lowest BCUT2D eigenvalue weighted by atomic mass is 9.97. The van der Waals surface area contributed by atoms with Crippen LogP contribution < -0.4 is 9.47 Å². The monoisotopic (exact) mass is 270 g/mol. The number of hydrogen-bond donors (Lipinski definition) is 0. The molecule has 0 fully saturated rings. The first-order valence-electron chi connectivity index (χ1n) is 6.66. The van der Waals surface area contributed by atoms with Gasteiger partial charge in [0.2, 0.25) is 0 Å². The number of esters is 1. The summed E-state index contributed by atoms with van der Waals surface area (Å²) in [5.41, 5.74) is 0.967. The van der Waals surface area contributed by atoms with Gasteiger partial charge in [0.25, 0.3) is 0 Å². The Morgan fingerprint density at radius 1 is 1.00 bits per heavy atom. The zero-order valence-electron chi connectivity index (χ0n) is 11.7. The average Bonchev–Trinajstić information content (AvgIpc) is 2.49. The van der Waals surface area contributed by atoms with E-state index in [0.717, 1.165) is 5.56 Å². The summed E-state index contributed by atoms with van der Waals surface area (Å²) in [5.74, 6) is 0.488. The summed E-state index contributed by atoms with van der Waals surface area (Å²) in [5, 5.41) is 0. The lowest BCUT2D eigenvalue weighted by molar-refractivity contribution is -0.136. The lowest BCUT2D eigenvalue weighted by Crippen LogP contribution is -2.18. The molecule has 104 valence electrons. The highest BCUT2D eigenvalue weighted by molar-refractivity contribution is 5.80. The number of para-hydroxylation sites is 2. The van der Waals surface area contributed by atoms with Gasteiger partial charge in [-0.1, -0.05) is 49.4 Å². The number of methoxy groups -OCH3 is 1. The molecule has 1 unspecified atom stereocenters. The van der Waals surface area contributed by atoms with Crippen LogP contribution in [-0.2, 0) is 4.79 Å². The summed E-state index contributed by atoms with van der Waals surface area (Å²) < 4.78 is 10.7. The molecule has 0 spiro atoms.